The first kappa shape index (κ1) is 13.6. The Labute approximate surface area is 99.9 Å². The predicted molar refractivity (Wildman–Crippen MR) is 62.1 cm³/mol. The molecular weight excluding hydrogens is 223 g/mol. The highest BCUT2D eigenvalue weighted by Crippen LogP contribution is 2.25. The third-order valence-corrected chi connectivity index (χ3v) is 2.91. The van der Waals surface area contributed by atoms with Crippen molar-refractivity contribution < 1.29 is 19.4 Å². The van der Waals surface area contributed by atoms with Crippen molar-refractivity contribution >= 4 is 5.97 Å². The molecule has 0 amide bonds. The summed E-state index contributed by atoms with van der Waals surface area (Å²) in [6, 6.07) is 5.84. The molecule has 0 saturated carbocycles. The molecule has 2 N–H and O–H groups in total. The second-order valence-corrected chi connectivity index (χ2v) is 4.46. The Morgan fingerprint density at radius 1 is 1.53 bits per heavy atom. The van der Waals surface area contributed by atoms with Crippen LogP contribution in [0.2, 0.25) is 0 Å². The summed E-state index contributed by atoms with van der Waals surface area (Å²) in [7, 11) is 0. The van der Waals surface area contributed by atoms with Crippen molar-refractivity contribution in [3.05, 3.63) is 35.6 Å². The molecule has 94 valence electrons. The standard InChI is InChI=1S/C13H17FO3/c1-3-11(12(15)16)13(2,17)8-9-5-4-6-10(14)7-9/h4-7,11,17H,3,8H2,1-2H3,(H,15,16). The topological polar surface area (TPSA) is 57.5 Å². The highest BCUT2D eigenvalue weighted by atomic mass is 19.1. The minimum atomic E-state index is -1.38. The normalized spacial score (nSPS) is 16.2. The van der Waals surface area contributed by atoms with E-state index in [4.69, 9.17) is 5.11 Å². The number of aliphatic hydroxyl groups is 1. The van der Waals surface area contributed by atoms with Gasteiger partial charge in [-0.2, -0.15) is 0 Å². The molecule has 1 aromatic rings. The SMILES string of the molecule is CCC(C(=O)O)C(C)(O)Cc1cccc(F)c1. The zero-order valence-electron chi connectivity index (χ0n) is 9.98. The summed E-state index contributed by atoms with van der Waals surface area (Å²) in [4.78, 5) is 11.0. The summed E-state index contributed by atoms with van der Waals surface area (Å²) < 4.78 is 13.0. The van der Waals surface area contributed by atoms with Crippen LogP contribution < -0.4 is 0 Å². The number of aliphatic carboxylic acids is 1. The van der Waals surface area contributed by atoms with E-state index in [2.05, 4.69) is 0 Å². The van der Waals surface area contributed by atoms with E-state index >= 15 is 0 Å². The van der Waals surface area contributed by atoms with Crippen molar-refractivity contribution in [3.63, 3.8) is 0 Å². The quantitative estimate of drug-likeness (QED) is 0.829. The Morgan fingerprint density at radius 3 is 2.65 bits per heavy atom. The average molecular weight is 240 g/mol. The van der Waals surface area contributed by atoms with Gasteiger partial charge in [0.15, 0.2) is 0 Å². The van der Waals surface area contributed by atoms with Crippen LogP contribution in [0.15, 0.2) is 24.3 Å². The molecule has 0 radical (unpaired) electrons. The summed E-state index contributed by atoms with van der Waals surface area (Å²) in [5.74, 6) is -2.28. The number of carboxylic acids is 1. The first-order chi connectivity index (χ1) is 7.86. The zero-order chi connectivity index (χ0) is 13.1. The van der Waals surface area contributed by atoms with Gasteiger partial charge in [0.05, 0.1) is 11.5 Å². The fraction of sp³-hybridized carbons (Fsp3) is 0.462. The molecule has 0 bridgehead atoms. The van der Waals surface area contributed by atoms with E-state index in [1.807, 2.05) is 0 Å². The maximum absolute atomic E-state index is 13.0. The van der Waals surface area contributed by atoms with Crippen LogP contribution >= 0.6 is 0 Å². The number of halogens is 1. The van der Waals surface area contributed by atoms with Crippen molar-refractivity contribution in [2.75, 3.05) is 0 Å². The van der Waals surface area contributed by atoms with Crippen LogP contribution in [-0.2, 0) is 11.2 Å². The molecule has 2 atom stereocenters. The van der Waals surface area contributed by atoms with Crippen LogP contribution in [0, 0.1) is 11.7 Å². The lowest BCUT2D eigenvalue weighted by Crippen LogP contribution is -2.41. The van der Waals surface area contributed by atoms with E-state index in [1.54, 1.807) is 19.1 Å². The number of hydrogen-bond acceptors (Lipinski definition) is 2. The van der Waals surface area contributed by atoms with Crippen LogP contribution in [-0.4, -0.2) is 21.8 Å². The number of carboxylic acid groups (broad SMARTS) is 1. The molecule has 0 saturated heterocycles. The Bertz CT molecular complexity index is 401. The van der Waals surface area contributed by atoms with Gasteiger partial charge < -0.3 is 10.2 Å². The van der Waals surface area contributed by atoms with Crippen LogP contribution in [0.4, 0.5) is 4.39 Å². The smallest absolute Gasteiger partial charge is 0.309 e. The van der Waals surface area contributed by atoms with Gasteiger partial charge in [0.1, 0.15) is 5.82 Å². The third-order valence-electron chi connectivity index (χ3n) is 2.91. The van der Waals surface area contributed by atoms with Gasteiger partial charge in [0.2, 0.25) is 0 Å². The van der Waals surface area contributed by atoms with E-state index in [0.717, 1.165) is 0 Å². The maximum atomic E-state index is 13.0. The Kier molecular flexibility index (Phi) is 4.23. The Morgan fingerprint density at radius 2 is 2.18 bits per heavy atom. The van der Waals surface area contributed by atoms with Gasteiger partial charge in [-0.3, -0.25) is 4.79 Å². The van der Waals surface area contributed by atoms with Crippen LogP contribution in [0.25, 0.3) is 0 Å². The zero-order valence-corrected chi connectivity index (χ0v) is 9.98. The van der Waals surface area contributed by atoms with Crippen molar-refractivity contribution in [2.45, 2.75) is 32.3 Å². The highest BCUT2D eigenvalue weighted by molar-refractivity contribution is 5.71. The summed E-state index contributed by atoms with van der Waals surface area (Å²) in [6.45, 7) is 3.18. The van der Waals surface area contributed by atoms with Gasteiger partial charge in [0, 0.05) is 6.42 Å². The summed E-state index contributed by atoms with van der Waals surface area (Å²) in [5, 5.41) is 19.2. The molecule has 0 fully saturated rings. The minimum Gasteiger partial charge on any atom is -0.481 e. The minimum absolute atomic E-state index is 0.121. The second kappa shape index (κ2) is 5.27. The van der Waals surface area contributed by atoms with Crippen molar-refractivity contribution in [1.29, 1.82) is 0 Å². The van der Waals surface area contributed by atoms with E-state index in [0.29, 0.717) is 12.0 Å². The van der Waals surface area contributed by atoms with Gasteiger partial charge in [-0.05, 0) is 31.0 Å². The molecule has 0 aliphatic carbocycles. The van der Waals surface area contributed by atoms with Crippen molar-refractivity contribution in [3.8, 4) is 0 Å². The molecule has 1 aromatic carbocycles. The molecule has 0 aromatic heterocycles. The van der Waals surface area contributed by atoms with Crippen molar-refractivity contribution in [1.82, 2.24) is 0 Å². The number of carbonyl (C=O) groups is 1. The Hall–Kier alpha value is -1.42. The van der Waals surface area contributed by atoms with E-state index < -0.39 is 17.5 Å². The fourth-order valence-corrected chi connectivity index (χ4v) is 2.06. The lowest BCUT2D eigenvalue weighted by Gasteiger charge is -2.29. The summed E-state index contributed by atoms with van der Waals surface area (Å²) in [5.41, 5.74) is -0.788. The molecule has 2 unspecified atom stereocenters. The van der Waals surface area contributed by atoms with Crippen LogP contribution in [0.5, 0.6) is 0 Å². The van der Waals surface area contributed by atoms with Gasteiger partial charge in [0.25, 0.3) is 0 Å². The molecule has 17 heavy (non-hydrogen) atoms. The monoisotopic (exact) mass is 240 g/mol. The lowest BCUT2D eigenvalue weighted by molar-refractivity contribution is -0.151. The second-order valence-electron chi connectivity index (χ2n) is 4.46. The first-order valence-electron chi connectivity index (χ1n) is 5.56. The Balaban J connectivity index is 2.88. The summed E-state index contributed by atoms with van der Waals surface area (Å²) in [6.07, 6.45) is 0.452. The van der Waals surface area contributed by atoms with Crippen LogP contribution in [0.3, 0.4) is 0 Å². The molecule has 0 aliphatic heterocycles. The summed E-state index contributed by atoms with van der Waals surface area (Å²) >= 11 is 0. The van der Waals surface area contributed by atoms with Crippen LogP contribution in [0.1, 0.15) is 25.8 Å². The molecule has 0 spiro atoms. The molecule has 1 rings (SSSR count). The number of rotatable bonds is 5. The number of hydrogen-bond donors (Lipinski definition) is 2. The predicted octanol–water partition coefficient (Wildman–Crippen LogP) is 2.23. The van der Waals surface area contributed by atoms with Gasteiger partial charge in [-0.1, -0.05) is 19.1 Å². The fourth-order valence-electron chi connectivity index (χ4n) is 2.06. The molecule has 4 heteroatoms. The van der Waals surface area contributed by atoms with Gasteiger partial charge in [-0.25, -0.2) is 4.39 Å². The van der Waals surface area contributed by atoms with E-state index in [-0.39, 0.29) is 12.2 Å². The average Bonchev–Trinajstić information content (AvgIpc) is 2.16. The largest absolute Gasteiger partial charge is 0.481 e. The van der Waals surface area contributed by atoms with Gasteiger partial charge in [-0.15, -0.1) is 0 Å². The molecular formula is C13H17FO3. The van der Waals surface area contributed by atoms with E-state index in [1.165, 1.54) is 19.1 Å². The third kappa shape index (κ3) is 3.53. The maximum Gasteiger partial charge on any atom is 0.309 e. The molecule has 0 heterocycles. The number of benzene rings is 1. The molecule has 3 nitrogen and oxygen atoms in total. The molecule has 0 aliphatic rings. The van der Waals surface area contributed by atoms with E-state index in [9.17, 15) is 14.3 Å². The lowest BCUT2D eigenvalue weighted by atomic mass is 9.82. The van der Waals surface area contributed by atoms with Crippen molar-refractivity contribution in [2.24, 2.45) is 5.92 Å². The first-order valence-corrected chi connectivity index (χ1v) is 5.56. The van der Waals surface area contributed by atoms with Gasteiger partial charge >= 0.3 is 5.97 Å². The highest BCUT2D eigenvalue weighted by Gasteiger charge is 2.36.